The molecule has 0 spiro atoms. The van der Waals surface area contributed by atoms with Crippen LogP contribution in [0.4, 0.5) is 14.5 Å². The molecule has 2 aromatic heterocycles. The van der Waals surface area contributed by atoms with Crippen LogP contribution in [-0.4, -0.2) is 56.9 Å². The van der Waals surface area contributed by atoms with Crippen molar-refractivity contribution in [1.29, 1.82) is 0 Å². The van der Waals surface area contributed by atoms with Gasteiger partial charge in [0.1, 0.15) is 17.2 Å². The number of nitrogens with one attached hydrogen (secondary N) is 4. The Morgan fingerprint density at radius 2 is 2.00 bits per heavy atom. The molecule has 11 nitrogen and oxygen atoms in total. The second-order valence-corrected chi connectivity index (χ2v) is 9.90. The molecule has 1 aliphatic heterocycles. The van der Waals surface area contributed by atoms with Gasteiger partial charge in [-0.25, -0.2) is 19.2 Å². The second kappa shape index (κ2) is 12.7. The van der Waals surface area contributed by atoms with Crippen LogP contribution in [0.5, 0.6) is 17.2 Å². The number of carbonyl (C=O) groups excluding carboxylic acids is 1. The number of nitrogens with zero attached hydrogens (tertiary/aromatic N) is 1. The Labute approximate surface area is 236 Å². The second-order valence-electron chi connectivity index (χ2n) is 9.22. The van der Waals surface area contributed by atoms with Crippen molar-refractivity contribution < 1.29 is 36.5 Å². The number of halogens is 2. The van der Waals surface area contributed by atoms with Gasteiger partial charge < -0.3 is 29.1 Å². The zero-order valence-electron chi connectivity index (χ0n) is 21.7. The van der Waals surface area contributed by atoms with Crippen molar-refractivity contribution in [2.75, 3.05) is 25.6 Å². The topological polar surface area (TPSA) is 150 Å². The number of carbonyl (C=O) groups is 1. The van der Waals surface area contributed by atoms with Gasteiger partial charge in [0.2, 0.25) is 0 Å². The number of para-hydroxylation sites is 1. The van der Waals surface area contributed by atoms with Gasteiger partial charge in [-0.3, -0.25) is 9.00 Å². The maximum absolute atomic E-state index is 15.2. The molecule has 5 rings (SSSR count). The molecule has 4 aromatic rings. The number of rotatable bonds is 11. The van der Waals surface area contributed by atoms with E-state index >= 15 is 4.39 Å². The Morgan fingerprint density at radius 1 is 1.17 bits per heavy atom. The number of aromatic nitrogens is 2. The number of methoxy groups -OCH3 is 1. The number of hydrogen-bond acceptors (Lipinski definition) is 9. The minimum atomic E-state index is -2.42. The van der Waals surface area contributed by atoms with Crippen molar-refractivity contribution in [3.63, 3.8) is 0 Å². The summed E-state index contributed by atoms with van der Waals surface area (Å²) in [5.41, 5.74) is 3.44. The Morgan fingerprint density at radius 3 is 2.71 bits per heavy atom. The fourth-order valence-corrected chi connectivity index (χ4v) is 4.80. The third-order valence-corrected chi connectivity index (χ3v) is 6.90. The first kappa shape index (κ1) is 28.6. The van der Waals surface area contributed by atoms with E-state index in [2.05, 4.69) is 25.5 Å². The smallest absolute Gasteiger partial charge is 0.198 e. The van der Waals surface area contributed by atoms with Gasteiger partial charge in [0.05, 0.1) is 48.2 Å². The maximum Gasteiger partial charge on any atom is 0.198 e. The Bertz CT molecular complexity index is 1580. The quantitative estimate of drug-likeness (QED) is 0.117. The fourth-order valence-electron chi connectivity index (χ4n) is 4.60. The van der Waals surface area contributed by atoms with Gasteiger partial charge in [0, 0.05) is 36.1 Å². The van der Waals surface area contributed by atoms with E-state index in [9.17, 15) is 17.9 Å². The molecule has 1 aliphatic rings. The predicted molar refractivity (Wildman–Crippen MR) is 145 cm³/mol. The van der Waals surface area contributed by atoms with Crippen molar-refractivity contribution >= 4 is 33.8 Å². The summed E-state index contributed by atoms with van der Waals surface area (Å²) in [4.78, 5) is 23.0. The molecule has 216 valence electrons. The van der Waals surface area contributed by atoms with Crippen LogP contribution in [0.3, 0.4) is 0 Å². The van der Waals surface area contributed by atoms with Crippen LogP contribution in [-0.2, 0) is 16.0 Å². The molecule has 1 unspecified atom stereocenters. The molecule has 0 radical (unpaired) electrons. The standard InChI is InChI=1S/C27H27F2N5O6S/c1-38-23-13-31-27-24(25(23)33-15-6-7-17(39-14-15)11-32-34-41(36)37)19(12-30-27)26(35)18-9-8-16(10-21(18)29)40-22-5-3-2-4-20(22)28/h2-5,8-10,12-13,15,17,32,34H,6-7,11,14H2,1H3,(H,36,37)(H2,30,31,33)/p-1/t15-,17+/m1/s1. The molecule has 0 aliphatic carbocycles. The number of aromatic amines is 1. The lowest BCUT2D eigenvalue weighted by molar-refractivity contribution is 0.00962. The lowest BCUT2D eigenvalue weighted by Crippen LogP contribution is -2.43. The highest BCUT2D eigenvalue weighted by Crippen LogP contribution is 2.37. The van der Waals surface area contributed by atoms with Gasteiger partial charge in [-0.05, 0) is 37.1 Å². The first-order chi connectivity index (χ1) is 19.8. The highest BCUT2D eigenvalue weighted by atomic mass is 32.2. The van der Waals surface area contributed by atoms with Crippen molar-refractivity contribution in [2.24, 2.45) is 0 Å². The summed E-state index contributed by atoms with van der Waals surface area (Å²) in [6, 6.07) is 9.29. The molecule has 1 saturated heterocycles. The van der Waals surface area contributed by atoms with E-state index in [1.165, 1.54) is 49.8 Å². The molecule has 41 heavy (non-hydrogen) atoms. The number of hydrazine groups is 1. The van der Waals surface area contributed by atoms with Crippen LogP contribution < -0.4 is 25.0 Å². The summed E-state index contributed by atoms with van der Waals surface area (Å²) < 4.78 is 67.2. The average Bonchev–Trinajstić information content (AvgIpc) is 3.40. The molecule has 2 aromatic carbocycles. The summed E-state index contributed by atoms with van der Waals surface area (Å²) in [7, 11) is 1.47. The highest BCUT2D eigenvalue weighted by Gasteiger charge is 2.27. The fraction of sp³-hybridized carbons (Fsp3) is 0.259. The Hall–Kier alpha value is -3.95. The SMILES string of the molecule is COc1cnc2[nH]cc(C(=O)c3ccc(Oc4ccccc4F)cc3F)c2c1N[C@@H]1CC[C@@H](CNNS(=O)[O-])OC1. The van der Waals surface area contributed by atoms with Crippen molar-refractivity contribution in [2.45, 2.75) is 25.0 Å². The van der Waals surface area contributed by atoms with Gasteiger partial charge in [0.25, 0.3) is 0 Å². The predicted octanol–water partition coefficient (Wildman–Crippen LogP) is 3.72. The van der Waals surface area contributed by atoms with Gasteiger partial charge in [-0.15, -0.1) is 0 Å². The number of ketones is 1. The number of H-pyrrole nitrogens is 1. The molecule has 3 heterocycles. The number of ether oxygens (including phenoxy) is 3. The zero-order valence-corrected chi connectivity index (χ0v) is 22.6. The summed E-state index contributed by atoms with van der Waals surface area (Å²) in [6.45, 7) is 0.612. The van der Waals surface area contributed by atoms with Crippen LogP contribution in [0.15, 0.2) is 54.9 Å². The van der Waals surface area contributed by atoms with Gasteiger partial charge in [-0.2, -0.15) is 4.83 Å². The number of pyridine rings is 1. The molecule has 3 atom stereocenters. The summed E-state index contributed by atoms with van der Waals surface area (Å²) in [6.07, 6.45) is 4.10. The van der Waals surface area contributed by atoms with E-state index in [1.54, 1.807) is 6.07 Å². The van der Waals surface area contributed by atoms with Gasteiger partial charge >= 0.3 is 0 Å². The first-order valence-corrected chi connectivity index (χ1v) is 13.7. The minimum absolute atomic E-state index is 0.0386. The average molecular weight is 587 g/mol. The molecular formula is C27H26F2N5O6S-. The minimum Gasteiger partial charge on any atom is -0.759 e. The van der Waals surface area contributed by atoms with E-state index in [4.69, 9.17) is 14.2 Å². The van der Waals surface area contributed by atoms with Gasteiger partial charge in [-0.1, -0.05) is 12.1 Å². The van der Waals surface area contributed by atoms with Crippen LogP contribution in [0.25, 0.3) is 11.0 Å². The van der Waals surface area contributed by atoms with Crippen LogP contribution >= 0.6 is 0 Å². The van der Waals surface area contributed by atoms with Gasteiger partial charge in [0.15, 0.2) is 23.1 Å². The maximum atomic E-state index is 15.2. The molecule has 0 amide bonds. The van der Waals surface area contributed by atoms with E-state index in [-0.39, 0.29) is 34.8 Å². The number of fused-ring (bicyclic) bond motifs is 1. The summed E-state index contributed by atoms with van der Waals surface area (Å²) in [5, 5.41) is 3.80. The molecule has 14 heteroatoms. The lowest BCUT2D eigenvalue weighted by Gasteiger charge is -2.31. The molecule has 0 bridgehead atoms. The third kappa shape index (κ3) is 6.52. The van der Waals surface area contributed by atoms with Crippen molar-refractivity contribution in [1.82, 2.24) is 20.2 Å². The lowest BCUT2D eigenvalue weighted by atomic mass is 10.0. The van der Waals surface area contributed by atoms with Crippen LogP contribution in [0, 0.1) is 11.6 Å². The number of benzene rings is 2. The van der Waals surface area contributed by atoms with Crippen LogP contribution in [0.2, 0.25) is 0 Å². The van der Waals surface area contributed by atoms with Crippen molar-refractivity contribution in [3.8, 4) is 17.2 Å². The third-order valence-electron chi connectivity index (χ3n) is 6.58. The van der Waals surface area contributed by atoms with E-state index in [0.717, 1.165) is 6.07 Å². The Balaban J connectivity index is 1.36. The summed E-state index contributed by atoms with van der Waals surface area (Å²) >= 11 is -2.42. The van der Waals surface area contributed by atoms with E-state index in [1.807, 2.05) is 0 Å². The first-order valence-electron chi connectivity index (χ1n) is 12.6. The van der Waals surface area contributed by atoms with E-state index in [0.29, 0.717) is 48.5 Å². The monoisotopic (exact) mass is 586 g/mol. The normalized spacial score (nSPS) is 17.8. The largest absolute Gasteiger partial charge is 0.759 e. The molecule has 4 N–H and O–H groups in total. The highest BCUT2D eigenvalue weighted by molar-refractivity contribution is 7.76. The van der Waals surface area contributed by atoms with Crippen molar-refractivity contribution in [3.05, 3.63) is 77.6 Å². The number of anilines is 1. The molecule has 1 fully saturated rings. The van der Waals surface area contributed by atoms with Crippen LogP contribution in [0.1, 0.15) is 28.8 Å². The Kier molecular flexibility index (Phi) is 8.85. The van der Waals surface area contributed by atoms with E-state index < -0.39 is 28.7 Å². The zero-order chi connectivity index (χ0) is 28.9. The molecular weight excluding hydrogens is 560 g/mol. The number of hydrogen-bond donors (Lipinski definition) is 4. The summed E-state index contributed by atoms with van der Waals surface area (Å²) in [5.74, 6) is -1.68. The molecule has 0 saturated carbocycles.